The van der Waals surface area contributed by atoms with E-state index in [0.29, 0.717) is 0 Å². The molecule has 1 saturated carbocycles. The minimum atomic E-state index is 0.182. The van der Waals surface area contributed by atoms with E-state index in [-0.39, 0.29) is 5.41 Å². The Morgan fingerprint density at radius 3 is 2.63 bits per heavy atom. The predicted octanol–water partition coefficient (Wildman–Crippen LogP) is 2.96. The lowest BCUT2D eigenvalue weighted by Crippen LogP contribution is -2.33. The van der Waals surface area contributed by atoms with Crippen molar-refractivity contribution < 1.29 is 4.74 Å². The summed E-state index contributed by atoms with van der Waals surface area (Å²) in [6.45, 7) is 0.744. The highest BCUT2D eigenvalue weighted by Gasteiger charge is 2.36. The Morgan fingerprint density at radius 1 is 1.26 bits per heavy atom. The molecule has 3 rings (SSSR count). The molecule has 19 heavy (non-hydrogen) atoms. The van der Waals surface area contributed by atoms with Crippen molar-refractivity contribution in [3.63, 3.8) is 0 Å². The van der Waals surface area contributed by atoms with Gasteiger partial charge in [-0.1, -0.05) is 12.8 Å². The Hall–Kier alpha value is -1.48. The SMILES string of the molecule is COc1ccc2cc(C3(CN)CCCC3)n(C)c2c1. The molecule has 1 aliphatic carbocycles. The molecular formula is C16H22N2O. The van der Waals surface area contributed by atoms with E-state index in [9.17, 15) is 0 Å². The Balaban J connectivity index is 2.16. The highest BCUT2D eigenvalue weighted by molar-refractivity contribution is 5.83. The van der Waals surface area contributed by atoms with Crippen molar-refractivity contribution in [2.45, 2.75) is 31.1 Å². The molecule has 0 spiro atoms. The van der Waals surface area contributed by atoms with E-state index in [4.69, 9.17) is 10.5 Å². The fraction of sp³-hybridized carbons (Fsp3) is 0.500. The zero-order valence-electron chi connectivity index (χ0n) is 11.8. The second-order valence-electron chi connectivity index (χ2n) is 5.70. The summed E-state index contributed by atoms with van der Waals surface area (Å²) in [5.74, 6) is 0.911. The smallest absolute Gasteiger partial charge is 0.120 e. The molecular weight excluding hydrogens is 236 g/mol. The summed E-state index contributed by atoms with van der Waals surface area (Å²) in [7, 11) is 3.86. The molecule has 3 nitrogen and oxygen atoms in total. The van der Waals surface area contributed by atoms with Crippen LogP contribution in [0, 0.1) is 0 Å². The standard InChI is InChI=1S/C16H22N2O/c1-18-14-10-13(19-2)6-5-12(14)9-15(18)16(11-17)7-3-4-8-16/h5-6,9-10H,3-4,7-8,11,17H2,1-2H3. The molecule has 0 unspecified atom stereocenters. The van der Waals surface area contributed by atoms with Crippen molar-refractivity contribution in [3.05, 3.63) is 30.0 Å². The number of rotatable bonds is 3. The van der Waals surface area contributed by atoms with Crippen LogP contribution in [-0.4, -0.2) is 18.2 Å². The van der Waals surface area contributed by atoms with Gasteiger partial charge >= 0.3 is 0 Å². The molecule has 1 heterocycles. The van der Waals surface area contributed by atoms with Crippen LogP contribution in [0.5, 0.6) is 5.75 Å². The molecule has 0 amide bonds. The molecule has 1 aliphatic rings. The Bertz CT molecular complexity index is 594. The number of nitrogens with zero attached hydrogens (tertiary/aromatic N) is 1. The van der Waals surface area contributed by atoms with Crippen molar-refractivity contribution in [2.75, 3.05) is 13.7 Å². The lowest BCUT2D eigenvalue weighted by molar-refractivity contribution is 0.414. The number of fused-ring (bicyclic) bond motifs is 1. The van der Waals surface area contributed by atoms with E-state index in [0.717, 1.165) is 12.3 Å². The van der Waals surface area contributed by atoms with Crippen molar-refractivity contribution >= 4 is 10.9 Å². The van der Waals surface area contributed by atoms with Crippen LogP contribution in [-0.2, 0) is 12.5 Å². The number of aromatic nitrogens is 1. The average Bonchev–Trinajstić information content (AvgIpc) is 3.04. The fourth-order valence-electron chi connectivity index (χ4n) is 3.56. The number of aryl methyl sites for hydroxylation is 1. The maximum Gasteiger partial charge on any atom is 0.120 e. The summed E-state index contributed by atoms with van der Waals surface area (Å²) in [6.07, 6.45) is 5.01. The summed E-state index contributed by atoms with van der Waals surface area (Å²) in [5.41, 5.74) is 8.91. The van der Waals surface area contributed by atoms with E-state index in [1.165, 1.54) is 42.3 Å². The lowest BCUT2D eigenvalue weighted by atomic mass is 9.82. The minimum Gasteiger partial charge on any atom is -0.497 e. The Kier molecular flexibility index (Phi) is 3.02. The molecule has 2 aromatic rings. The third kappa shape index (κ3) is 1.84. The van der Waals surface area contributed by atoms with Gasteiger partial charge in [0.25, 0.3) is 0 Å². The average molecular weight is 258 g/mol. The molecule has 0 saturated heterocycles. The summed E-state index contributed by atoms with van der Waals surface area (Å²) in [4.78, 5) is 0. The van der Waals surface area contributed by atoms with Crippen molar-refractivity contribution in [3.8, 4) is 5.75 Å². The first kappa shape index (κ1) is 12.5. The van der Waals surface area contributed by atoms with Crippen molar-refractivity contribution in [1.29, 1.82) is 0 Å². The minimum absolute atomic E-state index is 0.182. The maximum absolute atomic E-state index is 6.11. The molecule has 0 atom stereocenters. The van der Waals surface area contributed by atoms with E-state index in [1.807, 2.05) is 6.07 Å². The molecule has 3 heteroatoms. The monoisotopic (exact) mass is 258 g/mol. The normalized spacial score (nSPS) is 18.1. The van der Waals surface area contributed by atoms with Crippen LogP contribution >= 0.6 is 0 Å². The third-order valence-corrected chi connectivity index (χ3v) is 4.75. The van der Waals surface area contributed by atoms with Crippen molar-refractivity contribution in [1.82, 2.24) is 4.57 Å². The van der Waals surface area contributed by atoms with Gasteiger partial charge in [0.1, 0.15) is 5.75 Å². The maximum atomic E-state index is 6.11. The van der Waals surface area contributed by atoms with E-state index >= 15 is 0 Å². The quantitative estimate of drug-likeness (QED) is 0.919. The van der Waals surface area contributed by atoms with Crippen molar-refractivity contribution in [2.24, 2.45) is 12.8 Å². The van der Waals surface area contributed by atoms with Crippen LogP contribution < -0.4 is 10.5 Å². The van der Waals surface area contributed by atoms with Crippen LogP contribution in [0.1, 0.15) is 31.4 Å². The molecule has 1 fully saturated rings. The Morgan fingerprint density at radius 2 is 2.00 bits per heavy atom. The van der Waals surface area contributed by atoms with Gasteiger partial charge in [0, 0.05) is 36.2 Å². The number of methoxy groups -OCH3 is 1. The first-order valence-electron chi connectivity index (χ1n) is 7.04. The van der Waals surface area contributed by atoms with Crippen LogP contribution in [0.25, 0.3) is 10.9 Å². The molecule has 0 aliphatic heterocycles. The number of ether oxygens (including phenoxy) is 1. The van der Waals surface area contributed by atoms with Gasteiger partial charge in [-0.2, -0.15) is 0 Å². The van der Waals surface area contributed by atoms with Gasteiger partial charge < -0.3 is 15.0 Å². The summed E-state index contributed by atoms with van der Waals surface area (Å²) in [5, 5.41) is 1.28. The second kappa shape index (κ2) is 4.57. The van der Waals surface area contributed by atoms with Gasteiger partial charge in [-0.3, -0.25) is 0 Å². The van der Waals surface area contributed by atoms with Crippen LogP contribution in [0.3, 0.4) is 0 Å². The number of hydrogen-bond acceptors (Lipinski definition) is 2. The van der Waals surface area contributed by atoms with Crippen LogP contribution in [0.2, 0.25) is 0 Å². The van der Waals surface area contributed by atoms with Gasteiger partial charge in [-0.25, -0.2) is 0 Å². The van der Waals surface area contributed by atoms with Gasteiger partial charge in [-0.05, 0) is 31.0 Å². The van der Waals surface area contributed by atoms with Gasteiger partial charge in [0.2, 0.25) is 0 Å². The fourth-order valence-corrected chi connectivity index (χ4v) is 3.56. The highest BCUT2D eigenvalue weighted by Crippen LogP contribution is 2.42. The highest BCUT2D eigenvalue weighted by atomic mass is 16.5. The number of benzene rings is 1. The summed E-state index contributed by atoms with van der Waals surface area (Å²) >= 11 is 0. The zero-order valence-corrected chi connectivity index (χ0v) is 11.8. The topological polar surface area (TPSA) is 40.2 Å². The molecule has 0 bridgehead atoms. The van der Waals surface area contributed by atoms with E-state index in [1.54, 1.807) is 7.11 Å². The third-order valence-electron chi connectivity index (χ3n) is 4.75. The lowest BCUT2D eigenvalue weighted by Gasteiger charge is -2.28. The summed E-state index contributed by atoms with van der Waals surface area (Å²) < 4.78 is 7.63. The zero-order chi connectivity index (χ0) is 13.5. The first-order chi connectivity index (χ1) is 9.20. The molecule has 2 N–H and O–H groups in total. The predicted molar refractivity (Wildman–Crippen MR) is 78.7 cm³/mol. The largest absolute Gasteiger partial charge is 0.497 e. The van der Waals surface area contributed by atoms with Gasteiger partial charge in [0.15, 0.2) is 0 Å². The number of hydrogen-bond donors (Lipinski definition) is 1. The first-order valence-corrected chi connectivity index (χ1v) is 7.04. The Labute approximate surface area is 114 Å². The molecule has 0 radical (unpaired) electrons. The van der Waals surface area contributed by atoms with Crippen LogP contribution in [0.15, 0.2) is 24.3 Å². The molecule has 102 valence electrons. The summed E-state index contributed by atoms with van der Waals surface area (Å²) in [6, 6.07) is 8.58. The number of nitrogens with two attached hydrogens (primary N) is 1. The second-order valence-corrected chi connectivity index (χ2v) is 5.70. The van der Waals surface area contributed by atoms with Gasteiger partial charge in [0.05, 0.1) is 12.6 Å². The van der Waals surface area contributed by atoms with E-state index in [2.05, 4.69) is 29.8 Å². The van der Waals surface area contributed by atoms with Gasteiger partial charge in [-0.15, -0.1) is 0 Å². The van der Waals surface area contributed by atoms with Crippen LogP contribution in [0.4, 0.5) is 0 Å². The van der Waals surface area contributed by atoms with E-state index < -0.39 is 0 Å². The molecule has 1 aromatic carbocycles. The molecule has 1 aromatic heterocycles.